The van der Waals surface area contributed by atoms with Gasteiger partial charge in [-0.25, -0.2) is 0 Å². The molecule has 2 fully saturated rings. The maximum absolute atomic E-state index is 10.5. The van der Waals surface area contributed by atoms with Crippen molar-refractivity contribution in [2.45, 2.75) is 70.4 Å². The first-order chi connectivity index (χ1) is 8.99. The van der Waals surface area contributed by atoms with Crippen LogP contribution in [0.1, 0.15) is 58.3 Å². The highest BCUT2D eigenvalue weighted by molar-refractivity contribution is 5.58. The largest absolute Gasteiger partial charge is 0.328 e. The lowest BCUT2D eigenvalue weighted by Crippen LogP contribution is -2.32. The molecule has 0 atom stereocenters. The van der Waals surface area contributed by atoms with E-state index in [1.807, 2.05) is 6.92 Å². The van der Waals surface area contributed by atoms with Crippen LogP contribution in [-0.4, -0.2) is 24.7 Å². The van der Waals surface area contributed by atoms with Crippen molar-refractivity contribution in [2.75, 3.05) is 0 Å². The highest BCUT2D eigenvalue weighted by Crippen LogP contribution is 2.32. The van der Waals surface area contributed by atoms with Crippen LogP contribution >= 0.6 is 0 Å². The van der Waals surface area contributed by atoms with E-state index in [4.69, 9.17) is 11.5 Å². The van der Waals surface area contributed by atoms with Crippen LogP contribution in [0.3, 0.4) is 0 Å². The van der Waals surface area contributed by atoms with Gasteiger partial charge in [0.25, 0.3) is 0 Å². The Morgan fingerprint density at radius 1 is 0.895 bits per heavy atom. The molecule has 2 aliphatic carbocycles. The molecule has 4 nitrogen and oxygen atoms in total. The zero-order valence-corrected chi connectivity index (χ0v) is 12.0. The Morgan fingerprint density at radius 3 is 1.79 bits per heavy atom. The van der Waals surface area contributed by atoms with Gasteiger partial charge in [0.1, 0.15) is 12.6 Å². The Morgan fingerprint density at radius 2 is 1.37 bits per heavy atom. The third-order valence-corrected chi connectivity index (χ3v) is 4.47. The summed E-state index contributed by atoms with van der Waals surface area (Å²) in [7, 11) is 0. The summed E-state index contributed by atoms with van der Waals surface area (Å²) in [5.74, 6) is 0.310. The van der Waals surface area contributed by atoms with Gasteiger partial charge < -0.3 is 21.1 Å². The van der Waals surface area contributed by atoms with Crippen molar-refractivity contribution < 1.29 is 9.59 Å². The van der Waals surface area contributed by atoms with Crippen LogP contribution in [0, 0.1) is 11.3 Å². The predicted molar refractivity (Wildman–Crippen MR) is 76.6 cm³/mol. The summed E-state index contributed by atoms with van der Waals surface area (Å²) in [6, 6.07) is 0.703. The van der Waals surface area contributed by atoms with Crippen LogP contribution in [0.15, 0.2) is 0 Å². The summed E-state index contributed by atoms with van der Waals surface area (Å²) in [5, 5.41) is 0. The molecule has 0 spiro atoms. The van der Waals surface area contributed by atoms with E-state index in [2.05, 4.69) is 0 Å². The molecule has 2 aliphatic rings. The lowest BCUT2D eigenvalue weighted by Gasteiger charge is -2.30. The van der Waals surface area contributed by atoms with Crippen molar-refractivity contribution >= 4 is 12.6 Å². The molecule has 2 saturated carbocycles. The number of carbonyl (C=O) groups excluding carboxylic acids is 2. The van der Waals surface area contributed by atoms with E-state index in [0.717, 1.165) is 63.9 Å². The minimum absolute atomic E-state index is 0.0597. The number of aldehydes is 2. The minimum atomic E-state index is -0.0597. The van der Waals surface area contributed by atoms with Crippen molar-refractivity contribution in [3.63, 3.8) is 0 Å². The van der Waals surface area contributed by atoms with E-state index >= 15 is 0 Å². The Bertz CT molecular complexity index is 278. The first-order valence-electron chi connectivity index (χ1n) is 7.42. The van der Waals surface area contributed by atoms with Crippen LogP contribution in [0.4, 0.5) is 0 Å². The first-order valence-corrected chi connectivity index (χ1v) is 7.42. The maximum atomic E-state index is 10.5. The molecular weight excluding hydrogens is 240 g/mol. The smallest absolute Gasteiger partial charge is 0.125 e. The van der Waals surface area contributed by atoms with Gasteiger partial charge in [-0.1, -0.05) is 6.92 Å². The highest BCUT2D eigenvalue weighted by Gasteiger charge is 2.28. The molecule has 4 heteroatoms. The molecule has 2 rings (SSSR count). The Labute approximate surface area is 116 Å². The van der Waals surface area contributed by atoms with Gasteiger partial charge in [0.05, 0.1) is 0 Å². The van der Waals surface area contributed by atoms with Crippen molar-refractivity contribution in [3.05, 3.63) is 0 Å². The fourth-order valence-electron chi connectivity index (χ4n) is 2.70. The normalized spacial score (nSPS) is 38.8. The Kier molecular flexibility index (Phi) is 6.66. The molecule has 0 heterocycles. The number of carbonyl (C=O) groups is 2. The van der Waals surface area contributed by atoms with E-state index < -0.39 is 0 Å². The zero-order valence-electron chi connectivity index (χ0n) is 12.0. The van der Waals surface area contributed by atoms with Gasteiger partial charge in [0, 0.05) is 23.4 Å². The Hall–Kier alpha value is -0.740. The van der Waals surface area contributed by atoms with Crippen LogP contribution in [0.2, 0.25) is 0 Å². The molecule has 4 N–H and O–H groups in total. The molecule has 0 bridgehead atoms. The van der Waals surface area contributed by atoms with Crippen molar-refractivity contribution in [1.29, 1.82) is 0 Å². The first kappa shape index (κ1) is 16.3. The van der Waals surface area contributed by atoms with Gasteiger partial charge in [-0.05, 0) is 51.4 Å². The fourth-order valence-corrected chi connectivity index (χ4v) is 2.70. The average molecular weight is 268 g/mol. The Balaban J connectivity index is 0.000000191. The van der Waals surface area contributed by atoms with Crippen LogP contribution in [-0.2, 0) is 9.59 Å². The van der Waals surface area contributed by atoms with E-state index in [1.54, 1.807) is 0 Å². The number of nitrogens with two attached hydrogens (primary N) is 2. The van der Waals surface area contributed by atoms with Gasteiger partial charge in [0.15, 0.2) is 0 Å². The quantitative estimate of drug-likeness (QED) is 0.748. The number of rotatable bonds is 2. The lowest BCUT2D eigenvalue weighted by atomic mass is 9.75. The maximum Gasteiger partial charge on any atom is 0.125 e. The van der Waals surface area contributed by atoms with E-state index in [0.29, 0.717) is 18.0 Å². The molecule has 19 heavy (non-hydrogen) atoms. The van der Waals surface area contributed by atoms with Crippen LogP contribution < -0.4 is 11.5 Å². The van der Waals surface area contributed by atoms with Gasteiger partial charge in [-0.3, -0.25) is 0 Å². The van der Waals surface area contributed by atoms with Crippen molar-refractivity contribution in [2.24, 2.45) is 22.8 Å². The summed E-state index contributed by atoms with van der Waals surface area (Å²) in [4.78, 5) is 20.8. The zero-order chi connectivity index (χ0) is 14.3. The molecule has 0 saturated heterocycles. The van der Waals surface area contributed by atoms with Crippen LogP contribution in [0.25, 0.3) is 0 Å². The fraction of sp³-hybridized carbons (Fsp3) is 0.867. The second-order valence-corrected chi connectivity index (χ2v) is 6.42. The van der Waals surface area contributed by atoms with Gasteiger partial charge in [-0.2, -0.15) is 0 Å². The van der Waals surface area contributed by atoms with E-state index in [9.17, 15) is 9.59 Å². The summed E-state index contributed by atoms with van der Waals surface area (Å²) in [6.45, 7) is 2.02. The molecule has 0 aliphatic heterocycles. The molecule has 0 aromatic carbocycles. The average Bonchev–Trinajstić information content (AvgIpc) is 2.44. The standard InChI is InChI=1S/C8H15NO.C7H13NO/c1-8(6-10)4-2-7(9)3-5-8;8-7-3-1-6(5-9)2-4-7/h6-7H,2-5,9H2,1H3;5-7H,1-4,8H2. The third-order valence-electron chi connectivity index (χ3n) is 4.47. The summed E-state index contributed by atoms with van der Waals surface area (Å²) in [6.07, 6.45) is 10.2. The van der Waals surface area contributed by atoms with Crippen molar-refractivity contribution in [3.8, 4) is 0 Å². The summed E-state index contributed by atoms with van der Waals surface area (Å²) in [5.41, 5.74) is 11.3. The van der Waals surface area contributed by atoms with Crippen molar-refractivity contribution in [1.82, 2.24) is 0 Å². The second-order valence-electron chi connectivity index (χ2n) is 6.42. The number of hydrogen-bond acceptors (Lipinski definition) is 4. The third kappa shape index (κ3) is 5.83. The molecule has 0 radical (unpaired) electrons. The second kappa shape index (κ2) is 7.75. The molecule has 0 amide bonds. The molecule has 0 aromatic heterocycles. The summed E-state index contributed by atoms with van der Waals surface area (Å²) < 4.78 is 0. The molecular formula is C15H28N2O2. The highest BCUT2D eigenvalue weighted by atomic mass is 16.1. The topological polar surface area (TPSA) is 86.2 Å². The van der Waals surface area contributed by atoms with Gasteiger partial charge >= 0.3 is 0 Å². The molecule has 0 unspecified atom stereocenters. The molecule has 110 valence electrons. The minimum Gasteiger partial charge on any atom is -0.328 e. The van der Waals surface area contributed by atoms with E-state index in [1.165, 1.54) is 0 Å². The number of hydrogen-bond donors (Lipinski definition) is 2. The van der Waals surface area contributed by atoms with Crippen LogP contribution in [0.5, 0.6) is 0 Å². The predicted octanol–water partition coefficient (Wildman–Crippen LogP) is 1.80. The lowest BCUT2D eigenvalue weighted by molar-refractivity contribution is -0.117. The molecule has 0 aromatic rings. The van der Waals surface area contributed by atoms with Gasteiger partial charge in [-0.15, -0.1) is 0 Å². The SMILES string of the molecule is CC1(C=O)CCC(N)CC1.NC1CCC(C=O)CC1. The van der Waals surface area contributed by atoms with E-state index in [-0.39, 0.29) is 5.41 Å². The summed E-state index contributed by atoms with van der Waals surface area (Å²) >= 11 is 0. The monoisotopic (exact) mass is 268 g/mol. The van der Waals surface area contributed by atoms with Gasteiger partial charge in [0.2, 0.25) is 0 Å².